The molecule has 2 nitrogen and oxygen atoms in total. The number of aryl methyl sites for hydroxylation is 1. The van der Waals surface area contributed by atoms with Crippen molar-refractivity contribution in [3.8, 4) is 0 Å². The maximum absolute atomic E-state index is 13.7. The molecule has 2 aromatic carbocycles. The van der Waals surface area contributed by atoms with Crippen molar-refractivity contribution in [2.45, 2.75) is 20.4 Å². The first-order chi connectivity index (χ1) is 9.88. The molecule has 0 spiro atoms. The van der Waals surface area contributed by atoms with Gasteiger partial charge in [-0.1, -0.05) is 28.1 Å². The van der Waals surface area contributed by atoms with Crippen LogP contribution in [0.15, 0.2) is 40.9 Å². The summed E-state index contributed by atoms with van der Waals surface area (Å²) in [5.74, 6) is -0.479. The zero-order valence-corrected chi connectivity index (χ0v) is 13.9. The fraction of sp³-hybridized carbons (Fsp3) is 0.235. The van der Waals surface area contributed by atoms with Crippen molar-refractivity contribution >= 4 is 27.4 Å². The van der Waals surface area contributed by atoms with Crippen LogP contribution in [0.3, 0.4) is 0 Å². The van der Waals surface area contributed by atoms with E-state index in [1.54, 1.807) is 13.0 Å². The zero-order chi connectivity index (χ0) is 15.6. The number of ketones is 1. The number of benzene rings is 2. The predicted molar refractivity (Wildman–Crippen MR) is 87.4 cm³/mol. The van der Waals surface area contributed by atoms with E-state index in [2.05, 4.69) is 15.9 Å². The molecular formula is C17H17BrFNO. The Labute approximate surface area is 132 Å². The van der Waals surface area contributed by atoms with Crippen LogP contribution in [0, 0.1) is 12.7 Å². The van der Waals surface area contributed by atoms with Gasteiger partial charge in [0.25, 0.3) is 0 Å². The monoisotopic (exact) mass is 349 g/mol. The third-order valence-corrected chi connectivity index (χ3v) is 3.93. The summed E-state index contributed by atoms with van der Waals surface area (Å²) < 4.78 is 14.7. The average molecular weight is 350 g/mol. The lowest BCUT2D eigenvalue weighted by Gasteiger charge is -2.22. The second-order valence-electron chi connectivity index (χ2n) is 5.16. The van der Waals surface area contributed by atoms with Crippen molar-refractivity contribution in [1.82, 2.24) is 0 Å². The van der Waals surface area contributed by atoms with Gasteiger partial charge >= 0.3 is 0 Å². The van der Waals surface area contributed by atoms with Gasteiger partial charge < -0.3 is 4.90 Å². The fourth-order valence-corrected chi connectivity index (χ4v) is 2.48. The van der Waals surface area contributed by atoms with E-state index in [4.69, 9.17) is 0 Å². The number of carbonyl (C=O) groups is 1. The van der Waals surface area contributed by atoms with Gasteiger partial charge in [-0.2, -0.15) is 0 Å². The van der Waals surface area contributed by atoms with E-state index < -0.39 is 0 Å². The second kappa shape index (κ2) is 6.39. The first-order valence-corrected chi connectivity index (χ1v) is 7.44. The molecule has 110 valence electrons. The van der Waals surface area contributed by atoms with Crippen molar-refractivity contribution in [2.75, 3.05) is 11.9 Å². The molecule has 0 amide bonds. The summed E-state index contributed by atoms with van der Waals surface area (Å²) >= 11 is 3.40. The molecule has 4 heteroatoms. The van der Waals surface area contributed by atoms with Crippen molar-refractivity contribution in [1.29, 1.82) is 0 Å². The van der Waals surface area contributed by atoms with Gasteiger partial charge in [0.2, 0.25) is 0 Å². The maximum atomic E-state index is 13.7. The molecule has 0 heterocycles. The van der Waals surface area contributed by atoms with E-state index >= 15 is 0 Å². The van der Waals surface area contributed by atoms with Crippen molar-refractivity contribution < 1.29 is 9.18 Å². The van der Waals surface area contributed by atoms with Crippen molar-refractivity contribution in [2.24, 2.45) is 0 Å². The number of Topliss-reactive ketones (excluding diaryl/α,β-unsaturated/α-hetero) is 1. The SMILES string of the molecule is CC(=O)c1cc(F)c(C)cc1N(C)Cc1ccc(Br)cc1. The van der Waals surface area contributed by atoms with Crippen molar-refractivity contribution in [3.05, 3.63) is 63.4 Å². The van der Waals surface area contributed by atoms with E-state index in [1.165, 1.54) is 13.0 Å². The number of carbonyl (C=O) groups excluding carboxylic acids is 1. The topological polar surface area (TPSA) is 20.3 Å². The van der Waals surface area contributed by atoms with Crippen LogP contribution in [0.2, 0.25) is 0 Å². The number of anilines is 1. The van der Waals surface area contributed by atoms with E-state index in [-0.39, 0.29) is 11.6 Å². The van der Waals surface area contributed by atoms with Gasteiger partial charge in [-0.25, -0.2) is 4.39 Å². The molecule has 0 aliphatic rings. The lowest BCUT2D eigenvalue weighted by Crippen LogP contribution is -2.19. The molecule has 2 aromatic rings. The fourth-order valence-electron chi connectivity index (χ4n) is 2.21. The van der Waals surface area contributed by atoms with Crippen LogP contribution >= 0.6 is 15.9 Å². The van der Waals surface area contributed by atoms with Crippen LogP contribution in [0.1, 0.15) is 28.4 Å². The number of rotatable bonds is 4. The van der Waals surface area contributed by atoms with Crippen LogP contribution in [0.25, 0.3) is 0 Å². The highest BCUT2D eigenvalue weighted by molar-refractivity contribution is 9.10. The predicted octanol–water partition coefficient (Wildman–Crippen LogP) is 4.74. The quantitative estimate of drug-likeness (QED) is 0.743. The summed E-state index contributed by atoms with van der Waals surface area (Å²) in [7, 11) is 1.90. The molecule has 0 unspecified atom stereocenters. The maximum Gasteiger partial charge on any atom is 0.161 e. The van der Waals surface area contributed by atoms with Gasteiger partial charge in [-0.3, -0.25) is 4.79 Å². The molecule has 0 saturated carbocycles. The van der Waals surface area contributed by atoms with Gasteiger partial charge in [0.1, 0.15) is 5.82 Å². The van der Waals surface area contributed by atoms with Gasteiger partial charge in [-0.05, 0) is 49.2 Å². The van der Waals surface area contributed by atoms with Crippen LogP contribution in [-0.4, -0.2) is 12.8 Å². The van der Waals surface area contributed by atoms with E-state index in [0.717, 1.165) is 15.7 Å². The highest BCUT2D eigenvalue weighted by Gasteiger charge is 2.14. The summed E-state index contributed by atoms with van der Waals surface area (Å²) in [5.41, 5.74) is 2.83. The Bertz CT molecular complexity index is 667. The van der Waals surface area contributed by atoms with Gasteiger partial charge in [-0.15, -0.1) is 0 Å². The summed E-state index contributed by atoms with van der Waals surface area (Å²) in [6.07, 6.45) is 0. The molecule has 21 heavy (non-hydrogen) atoms. The molecule has 0 aromatic heterocycles. The molecule has 0 fully saturated rings. The zero-order valence-electron chi connectivity index (χ0n) is 12.3. The van der Waals surface area contributed by atoms with Crippen LogP contribution in [-0.2, 0) is 6.54 Å². The Morgan fingerprint density at radius 1 is 1.24 bits per heavy atom. The first-order valence-electron chi connectivity index (χ1n) is 6.65. The highest BCUT2D eigenvalue weighted by Crippen LogP contribution is 2.25. The van der Waals surface area contributed by atoms with Gasteiger partial charge in [0, 0.05) is 29.3 Å². The van der Waals surface area contributed by atoms with Crippen LogP contribution in [0.4, 0.5) is 10.1 Å². The minimum atomic E-state index is -0.346. The van der Waals surface area contributed by atoms with Crippen molar-refractivity contribution in [3.63, 3.8) is 0 Å². The average Bonchev–Trinajstić information content (AvgIpc) is 2.43. The normalized spacial score (nSPS) is 10.5. The lowest BCUT2D eigenvalue weighted by molar-refractivity contribution is 0.101. The number of halogens is 2. The molecule has 0 bridgehead atoms. The summed E-state index contributed by atoms with van der Waals surface area (Å²) in [4.78, 5) is 13.7. The smallest absolute Gasteiger partial charge is 0.161 e. The third-order valence-electron chi connectivity index (χ3n) is 3.40. The summed E-state index contributed by atoms with van der Waals surface area (Å²) in [6, 6.07) is 11.0. The Kier molecular flexibility index (Phi) is 4.78. The van der Waals surface area contributed by atoms with Gasteiger partial charge in [0.15, 0.2) is 5.78 Å². The molecule has 0 saturated heterocycles. The number of hydrogen-bond acceptors (Lipinski definition) is 2. The van der Waals surface area contributed by atoms with E-state index in [9.17, 15) is 9.18 Å². The second-order valence-corrected chi connectivity index (χ2v) is 6.07. The summed E-state index contributed by atoms with van der Waals surface area (Å²) in [6.45, 7) is 3.82. The first kappa shape index (κ1) is 15.7. The van der Waals surface area contributed by atoms with E-state index in [0.29, 0.717) is 17.7 Å². The molecule has 0 N–H and O–H groups in total. The molecule has 2 rings (SSSR count). The highest BCUT2D eigenvalue weighted by atomic mass is 79.9. The Hall–Kier alpha value is -1.68. The standard InChI is InChI=1S/C17H17BrFNO/c1-11-8-17(15(12(2)21)9-16(11)19)20(3)10-13-4-6-14(18)7-5-13/h4-9H,10H2,1-3H3. The Morgan fingerprint density at radius 2 is 1.86 bits per heavy atom. The Balaban J connectivity index is 2.33. The molecule has 0 aliphatic carbocycles. The molecule has 0 radical (unpaired) electrons. The van der Waals surface area contributed by atoms with Crippen LogP contribution < -0.4 is 4.90 Å². The molecule has 0 atom stereocenters. The summed E-state index contributed by atoms with van der Waals surface area (Å²) in [5, 5.41) is 0. The molecule has 0 aliphatic heterocycles. The minimum Gasteiger partial charge on any atom is -0.370 e. The van der Waals surface area contributed by atoms with E-state index in [1.807, 2.05) is 36.2 Å². The Morgan fingerprint density at radius 3 is 2.43 bits per heavy atom. The third kappa shape index (κ3) is 3.70. The number of nitrogens with zero attached hydrogens (tertiary/aromatic N) is 1. The number of hydrogen-bond donors (Lipinski definition) is 0. The van der Waals surface area contributed by atoms with Gasteiger partial charge in [0.05, 0.1) is 0 Å². The molecular weight excluding hydrogens is 333 g/mol. The lowest BCUT2D eigenvalue weighted by atomic mass is 10.0. The minimum absolute atomic E-state index is 0.133. The van der Waals surface area contributed by atoms with Crippen LogP contribution in [0.5, 0.6) is 0 Å². The largest absolute Gasteiger partial charge is 0.370 e.